The third-order valence-corrected chi connectivity index (χ3v) is 4.00. The van der Waals surface area contributed by atoms with Crippen LogP contribution < -0.4 is 11.3 Å². The number of nitrogens with zero attached hydrogens (tertiary/aromatic N) is 2. The van der Waals surface area contributed by atoms with Gasteiger partial charge in [0, 0.05) is 9.50 Å². The molecule has 20 heavy (non-hydrogen) atoms. The fraction of sp³-hybridized carbons (Fsp3) is 0.286. The molecule has 3 N–H and O–H groups in total. The first-order valence-electron chi connectivity index (χ1n) is 6.22. The molecule has 0 spiro atoms. The van der Waals surface area contributed by atoms with Crippen molar-refractivity contribution in [2.45, 2.75) is 26.3 Å². The first kappa shape index (κ1) is 15.4. The smallest absolute Gasteiger partial charge is 0.0648 e. The number of nitrogens with two attached hydrogens (primary N) is 1. The third-order valence-electron chi connectivity index (χ3n) is 3.16. The summed E-state index contributed by atoms with van der Waals surface area (Å²) in [4.78, 5) is 0. The topological polar surface area (TPSA) is 63.8 Å². The normalized spacial score (nSPS) is 12.4. The zero-order valence-corrected chi connectivity index (χ0v) is 13.7. The third kappa shape index (κ3) is 3.55. The lowest BCUT2D eigenvalue weighted by atomic mass is 9.98. The quantitative estimate of drug-likeness (QED) is 0.653. The summed E-state index contributed by atoms with van der Waals surface area (Å²) in [6.07, 6.45) is 0.689. The number of nitrogens with one attached hydrogen (secondary N) is 1. The number of halogens is 2. The number of hydrogen-bond donors (Lipinski definition) is 2. The van der Waals surface area contributed by atoms with Gasteiger partial charge >= 0.3 is 0 Å². The predicted octanol–water partition coefficient (Wildman–Crippen LogP) is 3.26. The van der Waals surface area contributed by atoms with Gasteiger partial charge in [-0.05, 0) is 49.6 Å². The molecule has 1 aromatic heterocycles. The predicted molar refractivity (Wildman–Crippen MR) is 84.4 cm³/mol. The highest BCUT2D eigenvalue weighted by molar-refractivity contribution is 9.10. The Labute approximate surface area is 131 Å². The average molecular weight is 356 g/mol. The van der Waals surface area contributed by atoms with Crippen LogP contribution >= 0.6 is 27.5 Å². The maximum absolute atomic E-state index is 6.26. The van der Waals surface area contributed by atoms with Crippen LogP contribution in [0.5, 0.6) is 0 Å². The van der Waals surface area contributed by atoms with Crippen LogP contribution in [0.3, 0.4) is 0 Å². The Bertz CT molecular complexity index is 618. The van der Waals surface area contributed by atoms with Gasteiger partial charge in [-0.1, -0.05) is 33.6 Å². The van der Waals surface area contributed by atoms with Crippen molar-refractivity contribution in [3.8, 4) is 0 Å². The summed E-state index contributed by atoms with van der Waals surface area (Å²) in [6.45, 7) is 3.84. The second kappa shape index (κ2) is 6.63. The number of aromatic nitrogens is 2. The molecule has 0 aliphatic rings. The summed E-state index contributed by atoms with van der Waals surface area (Å²) < 4.78 is 0.959. The Hall–Kier alpha value is -1.01. The number of benzene rings is 1. The van der Waals surface area contributed by atoms with Crippen LogP contribution in [0.4, 0.5) is 0 Å². The first-order valence-corrected chi connectivity index (χ1v) is 7.39. The molecule has 0 fully saturated rings. The van der Waals surface area contributed by atoms with Crippen molar-refractivity contribution in [2.24, 2.45) is 5.84 Å². The van der Waals surface area contributed by atoms with Crippen LogP contribution in [0.25, 0.3) is 0 Å². The van der Waals surface area contributed by atoms with Gasteiger partial charge in [0.05, 0.1) is 17.4 Å². The molecule has 1 aromatic carbocycles. The zero-order valence-electron chi connectivity index (χ0n) is 11.3. The molecular weight excluding hydrogens is 340 g/mol. The van der Waals surface area contributed by atoms with E-state index < -0.39 is 0 Å². The van der Waals surface area contributed by atoms with Crippen LogP contribution in [-0.4, -0.2) is 10.2 Å². The molecule has 106 valence electrons. The minimum atomic E-state index is -0.0529. The molecule has 0 radical (unpaired) electrons. The molecule has 2 aromatic rings. The maximum atomic E-state index is 6.26. The van der Waals surface area contributed by atoms with Gasteiger partial charge in [-0.2, -0.15) is 10.2 Å². The highest BCUT2D eigenvalue weighted by Crippen LogP contribution is 2.27. The van der Waals surface area contributed by atoms with Crippen molar-refractivity contribution in [1.29, 1.82) is 0 Å². The van der Waals surface area contributed by atoms with Crippen molar-refractivity contribution < 1.29 is 0 Å². The molecule has 1 atom stereocenters. The standard InChI is InChI=1S/C14H16BrClN4/c1-8-5-12(9(2)20-19-8)14(18-17)6-10-3-4-11(15)7-13(10)16/h3-5,7,14,18H,6,17H2,1-2H3. The summed E-state index contributed by atoms with van der Waals surface area (Å²) in [5, 5.41) is 8.90. The van der Waals surface area contributed by atoms with Crippen molar-refractivity contribution >= 4 is 27.5 Å². The number of hydrazine groups is 1. The molecule has 0 aliphatic heterocycles. The minimum Gasteiger partial charge on any atom is -0.271 e. The van der Waals surface area contributed by atoms with Gasteiger partial charge in [-0.15, -0.1) is 0 Å². The summed E-state index contributed by atoms with van der Waals surface area (Å²) in [7, 11) is 0. The lowest BCUT2D eigenvalue weighted by molar-refractivity contribution is 0.544. The average Bonchev–Trinajstić information content (AvgIpc) is 2.41. The van der Waals surface area contributed by atoms with E-state index in [1.807, 2.05) is 38.1 Å². The first-order chi connectivity index (χ1) is 9.51. The molecule has 0 aliphatic carbocycles. The Balaban J connectivity index is 2.31. The van der Waals surface area contributed by atoms with Crippen LogP contribution in [0.2, 0.25) is 5.02 Å². The van der Waals surface area contributed by atoms with E-state index >= 15 is 0 Å². The fourth-order valence-corrected chi connectivity index (χ4v) is 2.84. The van der Waals surface area contributed by atoms with E-state index in [0.29, 0.717) is 6.42 Å². The van der Waals surface area contributed by atoms with E-state index in [2.05, 4.69) is 31.6 Å². The molecule has 0 saturated heterocycles. The Kier molecular flexibility index (Phi) is 5.10. The summed E-state index contributed by atoms with van der Waals surface area (Å²) >= 11 is 9.67. The van der Waals surface area contributed by atoms with Gasteiger partial charge in [0.25, 0.3) is 0 Å². The van der Waals surface area contributed by atoms with E-state index in [0.717, 1.165) is 32.0 Å². The number of hydrogen-bond acceptors (Lipinski definition) is 4. The summed E-state index contributed by atoms with van der Waals surface area (Å²) in [5.74, 6) is 5.70. The summed E-state index contributed by atoms with van der Waals surface area (Å²) in [6, 6.07) is 7.79. The molecular formula is C14H16BrClN4. The van der Waals surface area contributed by atoms with Crippen LogP contribution in [0.1, 0.15) is 28.6 Å². The van der Waals surface area contributed by atoms with Gasteiger partial charge < -0.3 is 0 Å². The molecule has 2 rings (SSSR count). The minimum absolute atomic E-state index is 0.0529. The van der Waals surface area contributed by atoms with Gasteiger partial charge in [-0.3, -0.25) is 11.3 Å². The molecule has 0 bridgehead atoms. The molecule has 6 heteroatoms. The highest BCUT2D eigenvalue weighted by atomic mass is 79.9. The highest BCUT2D eigenvalue weighted by Gasteiger charge is 2.16. The maximum Gasteiger partial charge on any atom is 0.0648 e. The summed E-state index contributed by atoms with van der Waals surface area (Å²) in [5.41, 5.74) is 6.65. The van der Waals surface area contributed by atoms with E-state index in [9.17, 15) is 0 Å². The van der Waals surface area contributed by atoms with Crippen molar-refractivity contribution in [3.05, 3.63) is 56.3 Å². The van der Waals surface area contributed by atoms with Gasteiger partial charge in [0.15, 0.2) is 0 Å². The van der Waals surface area contributed by atoms with E-state index in [1.165, 1.54) is 0 Å². The molecule has 1 unspecified atom stereocenters. The monoisotopic (exact) mass is 354 g/mol. The SMILES string of the molecule is Cc1cc(C(Cc2ccc(Br)cc2Cl)NN)c(C)nn1. The van der Waals surface area contributed by atoms with Crippen LogP contribution in [0, 0.1) is 13.8 Å². The van der Waals surface area contributed by atoms with Crippen molar-refractivity contribution in [3.63, 3.8) is 0 Å². The molecule has 0 amide bonds. The Morgan fingerprint density at radius 2 is 2.05 bits per heavy atom. The number of aryl methyl sites for hydroxylation is 2. The molecule has 4 nitrogen and oxygen atoms in total. The zero-order chi connectivity index (χ0) is 14.7. The largest absolute Gasteiger partial charge is 0.271 e. The van der Waals surface area contributed by atoms with Gasteiger partial charge in [0.2, 0.25) is 0 Å². The second-order valence-electron chi connectivity index (χ2n) is 4.69. The molecule has 0 saturated carbocycles. The van der Waals surface area contributed by atoms with E-state index in [1.54, 1.807) is 0 Å². The van der Waals surface area contributed by atoms with Crippen molar-refractivity contribution in [1.82, 2.24) is 15.6 Å². The Morgan fingerprint density at radius 1 is 1.30 bits per heavy atom. The number of rotatable bonds is 4. The van der Waals surface area contributed by atoms with Crippen LogP contribution in [-0.2, 0) is 6.42 Å². The van der Waals surface area contributed by atoms with Gasteiger partial charge in [0.1, 0.15) is 0 Å². The second-order valence-corrected chi connectivity index (χ2v) is 6.01. The van der Waals surface area contributed by atoms with E-state index in [4.69, 9.17) is 17.4 Å². The molecule has 1 heterocycles. The lowest BCUT2D eigenvalue weighted by Gasteiger charge is -2.19. The van der Waals surface area contributed by atoms with Crippen molar-refractivity contribution in [2.75, 3.05) is 0 Å². The fourth-order valence-electron chi connectivity index (χ4n) is 2.09. The van der Waals surface area contributed by atoms with E-state index in [-0.39, 0.29) is 6.04 Å². The Morgan fingerprint density at radius 3 is 2.70 bits per heavy atom. The van der Waals surface area contributed by atoms with Crippen LogP contribution in [0.15, 0.2) is 28.7 Å². The van der Waals surface area contributed by atoms with Gasteiger partial charge in [-0.25, -0.2) is 0 Å². The lowest BCUT2D eigenvalue weighted by Crippen LogP contribution is -2.30.